The molecule has 1 aromatic rings. The second-order valence-corrected chi connectivity index (χ2v) is 4.59. The second kappa shape index (κ2) is 6.89. The van der Waals surface area contributed by atoms with Crippen LogP contribution in [0.25, 0.3) is 0 Å². The maximum atomic E-state index is 11.6. The largest absolute Gasteiger partial charge is 0.465 e. The number of alkyl halides is 2. The van der Waals surface area contributed by atoms with Gasteiger partial charge in [-0.15, -0.1) is 0 Å². The molecule has 98 valence electrons. The molecule has 0 amide bonds. The molecule has 0 heterocycles. The standard InChI is InChI=1S/C12H12Br2O4/c1-7(15)18-11-4-10(12(16)17-2)8(5-13)3-9(11)6-14/h3-4H,5-6H2,1-2H3. The van der Waals surface area contributed by atoms with E-state index in [-0.39, 0.29) is 0 Å². The van der Waals surface area contributed by atoms with Crippen LogP contribution in [-0.2, 0) is 20.2 Å². The number of esters is 2. The SMILES string of the molecule is COC(=O)c1cc(OC(C)=O)c(CBr)cc1CBr. The molecule has 0 atom stereocenters. The molecule has 0 saturated carbocycles. The third-order valence-corrected chi connectivity index (χ3v) is 3.44. The predicted octanol–water partition coefficient (Wildman–Crippen LogP) is 3.19. The lowest BCUT2D eigenvalue weighted by molar-refractivity contribution is -0.131. The highest BCUT2D eigenvalue weighted by molar-refractivity contribution is 9.08. The van der Waals surface area contributed by atoms with Gasteiger partial charge in [0.25, 0.3) is 0 Å². The van der Waals surface area contributed by atoms with Crippen LogP contribution in [0, 0.1) is 0 Å². The Bertz CT molecular complexity index is 471. The Morgan fingerprint density at radius 2 is 1.78 bits per heavy atom. The van der Waals surface area contributed by atoms with Crippen molar-refractivity contribution < 1.29 is 19.1 Å². The summed E-state index contributed by atoms with van der Waals surface area (Å²) in [5.74, 6) is -0.525. The molecule has 1 rings (SSSR count). The van der Waals surface area contributed by atoms with Crippen molar-refractivity contribution in [3.05, 3.63) is 28.8 Å². The molecule has 0 bridgehead atoms. The van der Waals surface area contributed by atoms with E-state index in [0.717, 1.165) is 11.1 Å². The molecular formula is C12H12Br2O4. The normalized spacial score (nSPS) is 10.0. The quantitative estimate of drug-likeness (QED) is 0.458. The molecule has 0 spiro atoms. The van der Waals surface area contributed by atoms with E-state index in [0.29, 0.717) is 22.0 Å². The number of hydrogen-bond donors (Lipinski definition) is 0. The van der Waals surface area contributed by atoms with Crippen molar-refractivity contribution in [2.24, 2.45) is 0 Å². The van der Waals surface area contributed by atoms with Gasteiger partial charge in [-0.05, 0) is 17.7 Å². The van der Waals surface area contributed by atoms with E-state index in [2.05, 4.69) is 31.9 Å². The number of hydrogen-bond acceptors (Lipinski definition) is 4. The Morgan fingerprint density at radius 1 is 1.17 bits per heavy atom. The van der Waals surface area contributed by atoms with Crippen molar-refractivity contribution in [1.29, 1.82) is 0 Å². The van der Waals surface area contributed by atoms with Crippen molar-refractivity contribution in [2.45, 2.75) is 17.6 Å². The van der Waals surface area contributed by atoms with Crippen LogP contribution in [0.5, 0.6) is 5.75 Å². The van der Waals surface area contributed by atoms with Gasteiger partial charge in [0.1, 0.15) is 5.75 Å². The third kappa shape index (κ3) is 3.55. The van der Waals surface area contributed by atoms with Crippen LogP contribution in [0.2, 0.25) is 0 Å². The minimum Gasteiger partial charge on any atom is -0.465 e. The summed E-state index contributed by atoms with van der Waals surface area (Å²) in [5, 5.41) is 1.04. The van der Waals surface area contributed by atoms with Crippen molar-refractivity contribution in [3.63, 3.8) is 0 Å². The zero-order chi connectivity index (χ0) is 13.7. The second-order valence-electron chi connectivity index (χ2n) is 3.47. The fourth-order valence-corrected chi connectivity index (χ4v) is 2.34. The topological polar surface area (TPSA) is 52.6 Å². The molecule has 0 unspecified atom stereocenters. The van der Waals surface area contributed by atoms with Gasteiger partial charge in [-0.25, -0.2) is 4.79 Å². The average Bonchev–Trinajstić information content (AvgIpc) is 2.36. The molecule has 0 fully saturated rings. The fraction of sp³-hybridized carbons (Fsp3) is 0.333. The van der Waals surface area contributed by atoms with Gasteiger partial charge in [-0.1, -0.05) is 31.9 Å². The van der Waals surface area contributed by atoms with Crippen LogP contribution in [-0.4, -0.2) is 19.0 Å². The fourth-order valence-electron chi connectivity index (χ4n) is 1.44. The van der Waals surface area contributed by atoms with Crippen molar-refractivity contribution in [1.82, 2.24) is 0 Å². The molecule has 0 radical (unpaired) electrons. The van der Waals surface area contributed by atoms with Gasteiger partial charge in [0, 0.05) is 23.1 Å². The zero-order valence-corrected chi connectivity index (χ0v) is 13.1. The van der Waals surface area contributed by atoms with Gasteiger partial charge < -0.3 is 9.47 Å². The molecule has 0 aliphatic rings. The molecular weight excluding hydrogens is 368 g/mol. The Labute approximate surface area is 122 Å². The lowest BCUT2D eigenvalue weighted by atomic mass is 10.0. The third-order valence-electron chi connectivity index (χ3n) is 2.23. The maximum absolute atomic E-state index is 11.6. The van der Waals surface area contributed by atoms with Crippen molar-refractivity contribution in [2.75, 3.05) is 7.11 Å². The first-order chi connectivity index (χ1) is 8.53. The van der Waals surface area contributed by atoms with E-state index in [4.69, 9.17) is 9.47 Å². The van der Waals surface area contributed by atoms with Crippen molar-refractivity contribution >= 4 is 43.8 Å². The van der Waals surface area contributed by atoms with Crippen LogP contribution in [0.4, 0.5) is 0 Å². The minimum atomic E-state index is -0.459. The monoisotopic (exact) mass is 378 g/mol. The van der Waals surface area contributed by atoms with E-state index in [1.807, 2.05) is 0 Å². The summed E-state index contributed by atoms with van der Waals surface area (Å²) < 4.78 is 9.78. The molecule has 0 aromatic heterocycles. The maximum Gasteiger partial charge on any atom is 0.338 e. The molecule has 0 aliphatic carbocycles. The number of benzene rings is 1. The molecule has 0 N–H and O–H groups in total. The molecule has 0 aliphatic heterocycles. The van der Waals surface area contributed by atoms with E-state index in [9.17, 15) is 9.59 Å². The molecule has 4 nitrogen and oxygen atoms in total. The van der Waals surface area contributed by atoms with E-state index >= 15 is 0 Å². The number of halogens is 2. The summed E-state index contributed by atoms with van der Waals surface area (Å²) >= 11 is 6.63. The van der Waals surface area contributed by atoms with Gasteiger partial charge in [0.2, 0.25) is 0 Å². The van der Waals surface area contributed by atoms with Crippen LogP contribution >= 0.6 is 31.9 Å². The summed E-state index contributed by atoms with van der Waals surface area (Å²) in [4.78, 5) is 22.7. The number of methoxy groups -OCH3 is 1. The lowest BCUT2D eigenvalue weighted by Gasteiger charge is -2.12. The van der Waals surface area contributed by atoms with Gasteiger partial charge in [0.15, 0.2) is 0 Å². The molecule has 18 heavy (non-hydrogen) atoms. The van der Waals surface area contributed by atoms with E-state index < -0.39 is 11.9 Å². The Hall–Kier alpha value is -0.880. The van der Waals surface area contributed by atoms with Gasteiger partial charge in [-0.3, -0.25) is 4.79 Å². The van der Waals surface area contributed by atoms with Crippen LogP contribution < -0.4 is 4.74 Å². The van der Waals surface area contributed by atoms with Crippen LogP contribution in [0.15, 0.2) is 12.1 Å². The predicted molar refractivity (Wildman–Crippen MR) is 74.4 cm³/mol. The van der Waals surface area contributed by atoms with Gasteiger partial charge in [0.05, 0.1) is 12.7 Å². The lowest BCUT2D eigenvalue weighted by Crippen LogP contribution is -2.09. The molecule has 6 heteroatoms. The number of carbonyl (C=O) groups is 2. The van der Waals surface area contributed by atoms with Gasteiger partial charge in [-0.2, -0.15) is 0 Å². The summed E-state index contributed by atoms with van der Waals surface area (Å²) in [5.41, 5.74) is 1.97. The van der Waals surface area contributed by atoms with Crippen molar-refractivity contribution in [3.8, 4) is 5.75 Å². The number of rotatable bonds is 4. The highest BCUT2D eigenvalue weighted by atomic mass is 79.9. The number of carbonyl (C=O) groups excluding carboxylic acids is 2. The summed E-state index contributed by atoms with van der Waals surface area (Å²) in [6.45, 7) is 1.31. The van der Waals surface area contributed by atoms with Crippen LogP contribution in [0.1, 0.15) is 28.4 Å². The van der Waals surface area contributed by atoms with E-state index in [1.54, 1.807) is 6.07 Å². The van der Waals surface area contributed by atoms with Crippen LogP contribution in [0.3, 0.4) is 0 Å². The van der Waals surface area contributed by atoms with Gasteiger partial charge >= 0.3 is 11.9 Å². The molecule has 1 aromatic carbocycles. The Morgan fingerprint density at radius 3 is 2.22 bits per heavy atom. The van der Waals surface area contributed by atoms with E-state index in [1.165, 1.54) is 20.1 Å². The molecule has 0 saturated heterocycles. The summed E-state index contributed by atoms with van der Waals surface area (Å²) in [6, 6.07) is 3.33. The number of ether oxygens (including phenoxy) is 2. The summed E-state index contributed by atoms with van der Waals surface area (Å²) in [6.07, 6.45) is 0. The highest BCUT2D eigenvalue weighted by Crippen LogP contribution is 2.28. The Kier molecular flexibility index (Phi) is 5.81. The zero-order valence-electron chi connectivity index (χ0n) is 9.96. The first kappa shape index (κ1) is 15.2. The summed E-state index contributed by atoms with van der Waals surface area (Å²) in [7, 11) is 1.31. The Balaban J connectivity index is 3.33. The first-order valence-electron chi connectivity index (χ1n) is 5.08. The highest BCUT2D eigenvalue weighted by Gasteiger charge is 2.16. The smallest absolute Gasteiger partial charge is 0.338 e. The average molecular weight is 380 g/mol. The first-order valence-corrected chi connectivity index (χ1v) is 7.32. The minimum absolute atomic E-state index is 0.365.